The monoisotopic (exact) mass is 384 g/mol. The lowest BCUT2D eigenvalue weighted by molar-refractivity contribution is 0.0285. The summed E-state index contributed by atoms with van der Waals surface area (Å²) in [5.74, 6) is 0. The fourth-order valence-corrected chi connectivity index (χ4v) is 2.53. The summed E-state index contributed by atoms with van der Waals surface area (Å²) in [5, 5.41) is 5.76. The number of para-hydroxylation sites is 1. The minimum absolute atomic E-state index is 0.167. The fourth-order valence-electron chi connectivity index (χ4n) is 2.53. The minimum Gasteiger partial charge on any atom is -0.444 e. The first-order valence-electron chi connectivity index (χ1n) is 9.15. The first-order chi connectivity index (χ1) is 13.2. The van der Waals surface area contributed by atoms with Crippen LogP contribution in [-0.4, -0.2) is 34.7 Å². The van der Waals surface area contributed by atoms with E-state index in [1.807, 2.05) is 58.0 Å². The Morgan fingerprint density at radius 2 is 1.79 bits per heavy atom. The summed E-state index contributed by atoms with van der Waals surface area (Å²) in [6.07, 6.45) is 2.96. The van der Waals surface area contributed by atoms with Gasteiger partial charge in [-0.25, -0.2) is 9.59 Å². The Morgan fingerprint density at radius 1 is 1.14 bits per heavy atom. The average Bonchev–Trinajstić information content (AvgIpc) is 2.62. The van der Waals surface area contributed by atoms with E-state index in [1.165, 1.54) is 4.90 Å². The van der Waals surface area contributed by atoms with Crippen LogP contribution >= 0.6 is 0 Å². The standard InChI is InChI=1S/C21H28N4O3/c1-15(16-10-12-22-13-11-16)23-19(26)24-18-9-7-6-8-17(18)14-25(5)20(27)28-21(2,3)4/h6-13,15H,14H2,1-5H3,(H2,23,24,26). The molecule has 3 amide bonds. The van der Waals surface area contributed by atoms with Gasteiger partial charge >= 0.3 is 12.1 Å². The lowest BCUT2D eigenvalue weighted by atomic mass is 10.1. The summed E-state index contributed by atoms with van der Waals surface area (Å²) in [4.78, 5) is 30.1. The highest BCUT2D eigenvalue weighted by atomic mass is 16.6. The zero-order valence-electron chi connectivity index (χ0n) is 17.0. The first-order valence-corrected chi connectivity index (χ1v) is 9.15. The predicted molar refractivity (Wildman–Crippen MR) is 109 cm³/mol. The summed E-state index contributed by atoms with van der Waals surface area (Å²) < 4.78 is 5.38. The van der Waals surface area contributed by atoms with Gasteiger partial charge in [-0.3, -0.25) is 4.98 Å². The maximum atomic E-state index is 12.4. The van der Waals surface area contributed by atoms with Crippen molar-refractivity contribution in [3.8, 4) is 0 Å². The molecule has 0 aliphatic heterocycles. The highest BCUT2D eigenvalue weighted by Gasteiger charge is 2.20. The number of ether oxygens (including phenoxy) is 1. The molecule has 1 atom stereocenters. The molecule has 0 aliphatic carbocycles. The van der Waals surface area contributed by atoms with Gasteiger partial charge in [0.25, 0.3) is 0 Å². The Kier molecular flexibility index (Phi) is 6.98. The van der Waals surface area contributed by atoms with E-state index < -0.39 is 11.7 Å². The summed E-state index contributed by atoms with van der Waals surface area (Å²) >= 11 is 0. The average molecular weight is 384 g/mol. The van der Waals surface area contributed by atoms with E-state index in [4.69, 9.17) is 4.74 Å². The number of hydrogen-bond donors (Lipinski definition) is 2. The topological polar surface area (TPSA) is 83.6 Å². The molecule has 7 nitrogen and oxygen atoms in total. The second kappa shape index (κ2) is 9.21. The van der Waals surface area contributed by atoms with Crippen LogP contribution in [0.5, 0.6) is 0 Å². The number of carbonyl (C=O) groups is 2. The lowest BCUT2D eigenvalue weighted by Gasteiger charge is -2.25. The summed E-state index contributed by atoms with van der Waals surface area (Å²) in [7, 11) is 1.66. The summed E-state index contributed by atoms with van der Waals surface area (Å²) in [6, 6.07) is 10.6. The molecule has 0 spiro atoms. The van der Waals surface area contributed by atoms with Crippen LogP contribution in [0.1, 0.15) is 44.9 Å². The van der Waals surface area contributed by atoms with E-state index in [0.717, 1.165) is 11.1 Å². The zero-order valence-corrected chi connectivity index (χ0v) is 17.0. The number of rotatable bonds is 5. The van der Waals surface area contributed by atoms with Gasteiger partial charge in [0.2, 0.25) is 0 Å². The lowest BCUT2D eigenvalue weighted by Crippen LogP contribution is -2.34. The third-order valence-electron chi connectivity index (χ3n) is 3.93. The zero-order chi connectivity index (χ0) is 20.7. The molecule has 150 valence electrons. The van der Waals surface area contributed by atoms with Crippen LogP contribution in [0.25, 0.3) is 0 Å². The molecule has 0 fully saturated rings. The van der Waals surface area contributed by atoms with Gasteiger partial charge in [0.1, 0.15) is 5.60 Å². The maximum absolute atomic E-state index is 12.4. The van der Waals surface area contributed by atoms with E-state index in [9.17, 15) is 9.59 Å². The molecular weight excluding hydrogens is 356 g/mol. The van der Waals surface area contributed by atoms with Gasteiger partial charge in [0.05, 0.1) is 12.6 Å². The van der Waals surface area contributed by atoms with Crippen molar-refractivity contribution in [3.05, 3.63) is 59.9 Å². The van der Waals surface area contributed by atoms with Crippen molar-refractivity contribution in [1.82, 2.24) is 15.2 Å². The van der Waals surface area contributed by atoms with Crippen molar-refractivity contribution >= 4 is 17.8 Å². The second-order valence-corrected chi connectivity index (χ2v) is 7.59. The molecule has 0 bridgehead atoms. The van der Waals surface area contributed by atoms with Crippen LogP contribution in [0.3, 0.4) is 0 Å². The first kappa shape index (κ1) is 21.2. The molecule has 1 aromatic carbocycles. The Bertz CT molecular complexity index is 803. The molecule has 2 aromatic rings. The third kappa shape index (κ3) is 6.57. The van der Waals surface area contributed by atoms with Gasteiger partial charge < -0.3 is 20.3 Å². The van der Waals surface area contributed by atoms with Gasteiger partial charge in [-0.15, -0.1) is 0 Å². The predicted octanol–water partition coefficient (Wildman–Crippen LogP) is 4.33. The van der Waals surface area contributed by atoms with Gasteiger partial charge in [-0.1, -0.05) is 18.2 Å². The molecule has 1 unspecified atom stereocenters. The molecule has 7 heteroatoms. The number of anilines is 1. The highest BCUT2D eigenvalue weighted by molar-refractivity contribution is 5.90. The number of urea groups is 1. The Morgan fingerprint density at radius 3 is 2.43 bits per heavy atom. The number of pyridine rings is 1. The fraction of sp³-hybridized carbons (Fsp3) is 0.381. The molecule has 1 heterocycles. The van der Waals surface area contributed by atoms with Crippen molar-refractivity contribution in [2.45, 2.75) is 45.9 Å². The van der Waals surface area contributed by atoms with Gasteiger partial charge in [0.15, 0.2) is 0 Å². The van der Waals surface area contributed by atoms with Gasteiger partial charge in [0, 0.05) is 25.1 Å². The number of nitrogens with zero attached hydrogens (tertiary/aromatic N) is 2. The van der Waals surface area contributed by atoms with E-state index in [2.05, 4.69) is 15.6 Å². The smallest absolute Gasteiger partial charge is 0.410 e. The normalized spacial score (nSPS) is 12.0. The van der Waals surface area contributed by atoms with E-state index in [0.29, 0.717) is 12.2 Å². The molecule has 0 aliphatic rings. The number of hydrogen-bond acceptors (Lipinski definition) is 4. The molecule has 2 N–H and O–H groups in total. The van der Waals surface area contributed by atoms with Gasteiger partial charge in [-0.2, -0.15) is 0 Å². The van der Waals surface area contributed by atoms with Crippen molar-refractivity contribution in [1.29, 1.82) is 0 Å². The van der Waals surface area contributed by atoms with Crippen LogP contribution < -0.4 is 10.6 Å². The number of amides is 3. The van der Waals surface area contributed by atoms with Crippen LogP contribution in [0.2, 0.25) is 0 Å². The SMILES string of the molecule is CC(NC(=O)Nc1ccccc1CN(C)C(=O)OC(C)(C)C)c1ccncc1. The van der Waals surface area contributed by atoms with Crippen molar-refractivity contribution in [2.24, 2.45) is 0 Å². The molecule has 0 radical (unpaired) electrons. The number of carbonyl (C=O) groups excluding carboxylic acids is 2. The quantitative estimate of drug-likeness (QED) is 0.804. The van der Waals surface area contributed by atoms with Crippen LogP contribution in [0.4, 0.5) is 15.3 Å². The Labute approximate surface area is 166 Å². The third-order valence-corrected chi connectivity index (χ3v) is 3.93. The second-order valence-electron chi connectivity index (χ2n) is 7.59. The highest BCUT2D eigenvalue weighted by Crippen LogP contribution is 2.19. The summed E-state index contributed by atoms with van der Waals surface area (Å²) in [6.45, 7) is 7.68. The molecule has 0 saturated carbocycles. The van der Waals surface area contributed by atoms with Crippen LogP contribution in [0, 0.1) is 0 Å². The molecule has 0 saturated heterocycles. The maximum Gasteiger partial charge on any atom is 0.410 e. The van der Waals surface area contributed by atoms with E-state index in [-0.39, 0.29) is 12.1 Å². The molecular formula is C21H28N4O3. The minimum atomic E-state index is -0.563. The van der Waals surface area contributed by atoms with Crippen molar-refractivity contribution in [3.63, 3.8) is 0 Å². The van der Waals surface area contributed by atoms with E-state index >= 15 is 0 Å². The number of nitrogens with one attached hydrogen (secondary N) is 2. The van der Waals surface area contributed by atoms with Crippen molar-refractivity contribution in [2.75, 3.05) is 12.4 Å². The number of aromatic nitrogens is 1. The Hall–Kier alpha value is -3.09. The molecule has 1 aromatic heterocycles. The molecule has 28 heavy (non-hydrogen) atoms. The van der Waals surface area contributed by atoms with Crippen molar-refractivity contribution < 1.29 is 14.3 Å². The van der Waals surface area contributed by atoms with Crippen LogP contribution in [0.15, 0.2) is 48.8 Å². The summed E-state index contributed by atoms with van der Waals surface area (Å²) in [5.41, 5.74) is 1.84. The van der Waals surface area contributed by atoms with E-state index in [1.54, 1.807) is 25.5 Å². The Balaban J connectivity index is 2.01. The largest absolute Gasteiger partial charge is 0.444 e. The van der Waals surface area contributed by atoms with Crippen LogP contribution in [-0.2, 0) is 11.3 Å². The number of benzene rings is 1. The molecule has 2 rings (SSSR count). The van der Waals surface area contributed by atoms with Gasteiger partial charge in [-0.05, 0) is 57.0 Å².